The van der Waals surface area contributed by atoms with Crippen LogP contribution in [0.2, 0.25) is 0 Å². The topological polar surface area (TPSA) is 54.0 Å². The van der Waals surface area contributed by atoms with E-state index in [9.17, 15) is 4.79 Å². The molecule has 0 atom stereocenters. The molecule has 136 valence electrons. The number of hydrogen-bond acceptors (Lipinski definition) is 5. The number of pyridine rings is 1. The van der Waals surface area contributed by atoms with Gasteiger partial charge in [0, 0.05) is 44.3 Å². The van der Waals surface area contributed by atoms with Gasteiger partial charge in [-0.3, -0.25) is 0 Å². The predicted octanol–water partition coefficient (Wildman–Crippen LogP) is 2.86. The third-order valence-corrected chi connectivity index (χ3v) is 5.23. The van der Waals surface area contributed by atoms with Crippen LogP contribution in [0.25, 0.3) is 27.9 Å². The molecule has 0 spiro atoms. The normalized spacial score (nSPS) is 15.7. The van der Waals surface area contributed by atoms with E-state index in [1.165, 1.54) is 0 Å². The predicted molar refractivity (Wildman–Crippen MR) is 106 cm³/mol. The minimum Gasteiger partial charge on any atom is -0.421 e. The number of anilines is 1. The van der Waals surface area contributed by atoms with Crippen molar-refractivity contribution < 1.29 is 4.42 Å². The van der Waals surface area contributed by atoms with Gasteiger partial charge >= 0.3 is 5.63 Å². The second-order valence-corrected chi connectivity index (χ2v) is 7.05. The smallest absolute Gasteiger partial charge is 0.344 e. The van der Waals surface area contributed by atoms with Crippen molar-refractivity contribution in [1.82, 2.24) is 14.3 Å². The third-order valence-electron chi connectivity index (χ3n) is 5.23. The molecule has 4 heterocycles. The zero-order chi connectivity index (χ0) is 18.4. The van der Waals surface area contributed by atoms with Crippen LogP contribution < -0.4 is 10.5 Å². The molecule has 0 radical (unpaired) electrons. The average molecular weight is 360 g/mol. The summed E-state index contributed by atoms with van der Waals surface area (Å²) in [6.07, 6.45) is 3.80. The number of likely N-dealkylation sites (N-methyl/N-ethyl adjacent to an activating group) is 1. The van der Waals surface area contributed by atoms with Gasteiger partial charge in [-0.25, -0.2) is 9.78 Å². The van der Waals surface area contributed by atoms with Crippen LogP contribution in [0.3, 0.4) is 0 Å². The molecule has 3 aromatic heterocycles. The van der Waals surface area contributed by atoms with Gasteiger partial charge in [-0.1, -0.05) is 12.1 Å². The summed E-state index contributed by atoms with van der Waals surface area (Å²) in [5, 5.41) is 1.48. The van der Waals surface area contributed by atoms with Crippen molar-refractivity contribution >= 4 is 22.1 Å². The highest BCUT2D eigenvalue weighted by molar-refractivity contribution is 5.87. The standard InChI is InChI=1S/C21H20N4O2/c1-23-8-10-24(11-9-23)16-6-5-15-12-19(27-21(26)17(15)13-16)18-14-25-7-3-2-4-20(25)22-18/h2-7,12-14H,8-11H2,1H3. The second-order valence-electron chi connectivity index (χ2n) is 7.05. The van der Waals surface area contributed by atoms with Crippen molar-refractivity contribution in [1.29, 1.82) is 0 Å². The number of fused-ring (bicyclic) bond motifs is 2. The fourth-order valence-corrected chi connectivity index (χ4v) is 3.61. The first kappa shape index (κ1) is 16.1. The van der Waals surface area contributed by atoms with Gasteiger partial charge in [0.25, 0.3) is 0 Å². The summed E-state index contributed by atoms with van der Waals surface area (Å²) in [4.78, 5) is 21.8. The van der Waals surface area contributed by atoms with Crippen LogP contribution >= 0.6 is 0 Å². The van der Waals surface area contributed by atoms with Gasteiger partial charge in [0.1, 0.15) is 11.3 Å². The summed E-state index contributed by atoms with van der Waals surface area (Å²) in [5.74, 6) is 0.489. The number of imidazole rings is 1. The fraction of sp³-hybridized carbons (Fsp3) is 0.238. The maximum absolute atomic E-state index is 12.6. The van der Waals surface area contributed by atoms with Gasteiger partial charge in [0.15, 0.2) is 5.76 Å². The van der Waals surface area contributed by atoms with Crippen LogP contribution in [-0.4, -0.2) is 47.5 Å². The molecule has 6 heteroatoms. The first-order chi connectivity index (χ1) is 13.2. The molecular formula is C21H20N4O2. The van der Waals surface area contributed by atoms with Gasteiger partial charge in [-0.2, -0.15) is 0 Å². The van der Waals surface area contributed by atoms with Crippen molar-refractivity contribution in [3.8, 4) is 11.5 Å². The van der Waals surface area contributed by atoms with Gasteiger partial charge in [-0.05, 0) is 42.8 Å². The highest BCUT2D eigenvalue weighted by Crippen LogP contribution is 2.25. The Hall–Kier alpha value is -3.12. The van der Waals surface area contributed by atoms with Gasteiger partial charge in [0.05, 0.1) is 5.39 Å². The summed E-state index contributed by atoms with van der Waals surface area (Å²) in [6.45, 7) is 3.98. The van der Waals surface area contributed by atoms with E-state index in [4.69, 9.17) is 4.42 Å². The fourth-order valence-electron chi connectivity index (χ4n) is 3.61. The van der Waals surface area contributed by atoms with Crippen molar-refractivity contribution in [3.05, 3.63) is 65.3 Å². The molecule has 0 unspecified atom stereocenters. The molecule has 0 N–H and O–H groups in total. The van der Waals surface area contributed by atoms with Crippen LogP contribution in [0.15, 0.2) is 64.1 Å². The molecule has 0 saturated carbocycles. The van der Waals surface area contributed by atoms with E-state index in [1.54, 1.807) is 0 Å². The molecule has 6 nitrogen and oxygen atoms in total. The zero-order valence-corrected chi connectivity index (χ0v) is 15.1. The van der Waals surface area contributed by atoms with Crippen molar-refractivity contribution in [2.24, 2.45) is 0 Å². The lowest BCUT2D eigenvalue weighted by Crippen LogP contribution is -2.44. The number of nitrogens with zero attached hydrogens (tertiary/aromatic N) is 4. The van der Waals surface area contributed by atoms with E-state index in [0.717, 1.165) is 42.9 Å². The molecule has 0 aliphatic carbocycles. The maximum atomic E-state index is 12.6. The van der Waals surface area contributed by atoms with E-state index in [2.05, 4.69) is 27.9 Å². The Balaban J connectivity index is 1.55. The molecule has 0 amide bonds. The Morgan fingerprint density at radius 3 is 2.70 bits per heavy atom. The Morgan fingerprint density at radius 1 is 1.04 bits per heavy atom. The van der Waals surface area contributed by atoms with Gasteiger partial charge in [0.2, 0.25) is 0 Å². The minimum atomic E-state index is -0.324. The number of benzene rings is 1. The Morgan fingerprint density at radius 2 is 1.89 bits per heavy atom. The second kappa shape index (κ2) is 6.25. The summed E-state index contributed by atoms with van der Waals surface area (Å²) in [7, 11) is 2.13. The molecule has 1 fully saturated rings. The van der Waals surface area contributed by atoms with E-state index < -0.39 is 0 Å². The lowest BCUT2D eigenvalue weighted by molar-refractivity contribution is 0.313. The SMILES string of the molecule is CN1CCN(c2ccc3cc(-c4cn5ccccc5n4)oc(=O)c3c2)CC1. The molecule has 0 bridgehead atoms. The van der Waals surface area contributed by atoms with Gasteiger partial charge < -0.3 is 18.6 Å². The van der Waals surface area contributed by atoms with Crippen molar-refractivity contribution in [2.75, 3.05) is 38.1 Å². The number of rotatable bonds is 2. The summed E-state index contributed by atoms with van der Waals surface area (Å²) >= 11 is 0. The first-order valence-electron chi connectivity index (χ1n) is 9.13. The van der Waals surface area contributed by atoms with E-state index in [1.807, 2.05) is 53.2 Å². The van der Waals surface area contributed by atoms with Crippen LogP contribution in [-0.2, 0) is 0 Å². The molecule has 1 aromatic carbocycles. The van der Waals surface area contributed by atoms with E-state index in [0.29, 0.717) is 16.8 Å². The minimum absolute atomic E-state index is 0.324. The molecule has 1 aliphatic heterocycles. The van der Waals surface area contributed by atoms with Crippen LogP contribution in [0.4, 0.5) is 5.69 Å². The Labute approximate surface area is 156 Å². The maximum Gasteiger partial charge on any atom is 0.344 e. The van der Waals surface area contributed by atoms with E-state index >= 15 is 0 Å². The molecule has 4 aromatic rings. The molecule has 1 aliphatic rings. The summed E-state index contributed by atoms with van der Waals surface area (Å²) < 4.78 is 7.52. The zero-order valence-electron chi connectivity index (χ0n) is 15.1. The lowest BCUT2D eigenvalue weighted by atomic mass is 10.1. The number of hydrogen-bond donors (Lipinski definition) is 0. The highest BCUT2D eigenvalue weighted by atomic mass is 16.4. The Bertz CT molecular complexity index is 1150. The molecule has 1 saturated heterocycles. The van der Waals surface area contributed by atoms with Crippen molar-refractivity contribution in [3.63, 3.8) is 0 Å². The lowest BCUT2D eigenvalue weighted by Gasteiger charge is -2.34. The van der Waals surface area contributed by atoms with Crippen LogP contribution in [0.5, 0.6) is 0 Å². The average Bonchev–Trinajstić information content (AvgIpc) is 3.13. The van der Waals surface area contributed by atoms with E-state index in [-0.39, 0.29) is 5.63 Å². The molecule has 5 rings (SSSR count). The monoisotopic (exact) mass is 360 g/mol. The first-order valence-corrected chi connectivity index (χ1v) is 9.13. The summed E-state index contributed by atoms with van der Waals surface area (Å²) in [5.41, 5.74) is 2.22. The highest BCUT2D eigenvalue weighted by Gasteiger charge is 2.16. The quantitative estimate of drug-likeness (QED) is 0.550. The number of aromatic nitrogens is 2. The van der Waals surface area contributed by atoms with Gasteiger partial charge in [-0.15, -0.1) is 0 Å². The van der Waals surface area contributed by atoms with Crippen molar-refractivity contribution in [2.45, 2.75) is 0 Å². The molecular weight excluding hydrogens is 340 g/mol. The van der Waals surface area contributed by atoms with Crippen LogP contribution in [0, 0.1) is 0 Å². The third kappa shape index (κ3) is 2.88. The molecule has 27 heavy (non-hydrogen) atoms. The Kier molecular flexibility index (Phi) is 3.72. The largest absolute Gasteiger partial charge is 0.421 e. The number of piperazine rings is 1. The van der Waals surface area contributed by atoms with Crippen LogP contribution in [0.1, 0.15) is 0 Å². The summed E-state index contributed by atoms with van der Waals surface area (Å²) in [6, 6.07) is 13.7.